The smallest absolute Gasteiger partial charge is 0.271 e. The maximum atomic E-state index is 12.4. The number of hydrogen-bond donors (Lipinski definition) is 2. The Morgan fingerprint density at radius 3 is 2.63 bits per heavy atom. The van der Waals surface area contributed by atoms with E-state index in [-0.39, 0.29) is 30.1 Å². The first-order chi connectivity index (χ1) is 13.0. The SMILES string of the molecule is CC(C)[C@H](NC(=O)CNC(=O)c1cnccn1)c1nc2ccccc2n1C. The molecule has 0 aliphatic rings. The molecule has 2 heterocycles. The molecule has 3 aromatic rings. The lowest BCUT2D eigenvalue weighted by Crippen LogP contribution is -2.41. The molecule has 1 aromatic carbocycles. The third kappa shape index (κ3) is 4.11. The summed E-state index contributed by atoms with van der Waals surface area (Å²) in [5.41, 5.74) is 2.05. The summed E-state index contributed by atoms with van der Waals surface area (Å²) in [5.74, 6) is 0.167. The highest BCUT2D eigenvalue weighted by molar-refractivity contribution is 5.94. The van der Waals surface area contributed by atoms with Crippen molar-refractivity contribution in [2.24, 2.45) is 13.0 Å². The van der Waals surface area contributed by atoms with Gasteiger partial charge in [-0.05, 0) is 18.1 Å². The Morgan fingerprint density at radius 2 is 1.96 bits per heavy atom. The van der Waals surface area contributed by atoms with Gasteiger partial charge in [0.05, 0.1) is 29.8 Å². The fourth-order valence-electron chi connectivity index (χ4n) is 2.86. The average Bonchev–Trinajstić information content (AvgIpc) is 3.01. The summed E-state index contributed by atoms with van der Waals surface area (Å²) < 4.78 is 1.98. The standard InChI is InChI=1S/C19H22N6O2/c1-12(2)17(18-23-13-6-4-5-7-15(13)25(18)3)24-16(26)11-22-19(27)14-10-20-8-9-21-14/h4-10,12,17H,11H2,1-3H3,(H,22,27)(H,24,26)/t17-/m0/s1. The van der Waals surface area contributed by atoms with Crippen molar-refractivity contribution in [1.29, 1.82) is 0 Å². The molecule has 0 fully saturated rings. The number of aryl methyl sites for hydroxylation is 1. The molecule has 8 nitrogen and oxygen atoms in total. The number of hydrogen-bond acceptors (Lipinski definition) is 5. The van der Waals surface area contributed by atoms with Crippen LogP contribution in [0, 0.1) is 5.92 Å². The van der Waals surface area contributed by atoms with Gasteiger partial charge in [-0.25, -0.2) is 9.97 Å². The first-order valence-electron chi connectivity index (χ1n) is 8.72. The lowest BCUT2D eigenvalue weighted by atomic mass is 10.0. The highest BCUT2D eigenvalue weighted by Gasteiger charge is 2.24. The second-order valence-electron chi connectivity index (χ2n) is 6.58. The van der Waals surface area contributed by atoms with Gasteiger partial charge < -0.3 is 15.2 Å². The predicted molar refractivity (Wildman–Crippen MR) is 101 cm³/mol. The fraction of sp³-hybridized carbons (Fsp3) is 0.316. The van der Waals surface area contributed by atoms with Gasteiger partial charge in [-0.1, -0.05) is 26.0 Å². The normalized spacial score (nSPS) is 12.1. The van der Waals surface area contributed by atoms with E-state index < -0.39 is 5.91 Å². The van der Waals surface area contributed by atoms with Crippen molar-refractivity contribution in [2.75, 3.05) is 6.54 Å². The van der Waals surface area contributed by atoms with E-state index in [2.05, 4.69) is 25.6 Å². The highest BCUT2D eigenvalue weighted by Crippen LogP contribution is 2.24. The zero-order valence-corrected chi connectivity index (χ0v) is 15.5. The minimum atomic E-state index is -0.443. The molecular weight excluding hydrogens is 344 g/mol. The van der Waals surface area contributed by atoms with Gasteiger partial charge in [-0.2, -0.15) is 0 Å². The lowest BCUT2D eigenvalue weighted by Gasteiger charge is -2.22. The van der Waals surface area contributed by atoms with Crippen LogP contribution in [0.2, 0.25) is 0 Å². The molecule has 0 aliphatic heterocycles. The van der Waals surface area contributed by atoms with Gasteiger partial charge in [0.15, 0.2) is 0 Å². The molecule has 0 saturated carbocycles. The molecule has 27 heavy (non-hydrogen) atoms. The molecule has 2 N–H and O–H groups in total. The number of para-hydroxylation sites is 2. The van der Waals surface area contributed by atoms with Gasteiger partial charge >= 0.3 is 0 Å². The molecule has 8 heteroatoms. The van der Waals surface area contributed by atoms with Crippen molar-refractivity contribution in [1.82, 2.24) is 30.2 Å². The number of carbonyl (C=O) groups excluding carboxylic acids is 2. The van der Waals surface area contributed by atoms with E-state index in [1.54, 1.807) is 0 Å². The Labute approximate surface area is 157 Å². The summed E-state index contributed by atoms with van der Waals surface area (Å²) in [6, 6.07) is 7.55. The number of rotatable bonds is 6. The van der Waals surface area contributed by atoms with Gasteiger partial charge in [0.1, 0.15) is 11.5 Å². The topological polar surface area (TPSA) is 102 Å². The van der Waals surface area contributed by atoms with E-state index in [0.29, 0.717) is 0 Å². The van der Waals surface area contributed by atoms with Crippen LogP contribution in [0.5, 0.6) is 0 Å². The van der Waals surface area contributed by atoms with Crippen LogP contribution >= 0.6 is 0 Å². The second-order valence-corrected chi connectivity index (χ2v) is 6.58. The Hall–Kier alpha value is -3.29. The van der Waals surface area contributed by atoms with Gasteiger partial charge in [0, 0.05) is 19.4 Å². The van der Waals surface area contributed by atoms with Crippen LogP contribution in [-0.2, 0) is 11.8 Å². The van der Waals surface area contributed by atoms with E-state index in [0.717, 1.165) is 16.9 Å². The molecule has 0 radical (unpaired) electrons. The van der Waals surface area contributed by atoms with Crippen LogP contribution in [-0.4, -0.2) is 37.9 Å². The van der Waals surface area contributed by atoms with Crippen molar-refractivity contribution in [3.63, 3.8) is 0 Å². The molecule has 0 spiro atoms. The maximum absolute atomic E-state index is 12.4. The second kappa shape index (κ2) is 7.94. The van der Waals surface area contributed by atoms with Crippen LogP contribution in [0.3, 0.4) is 0 Å². The van der Waals surface area contributed by atoms with E-state index in [1.807, 2.05) is 49.7 Å². The Bertz CT molecular complexity index is 951. The number of benzene rings is 1. The molecule has 0 aliphatic carbocycles. The molecule has 3 rings (SSSR count). The number of nitrogens with one attached hydrogen (secondary N) is 2. The van der Waals surface area contributed by atoms with Crippen LogP contribution < -0.4 is 10.6 Å². The van der Waals surface area contributed by atoms with Gasteiger partial charge in [0.2, 0.25) is 5.91 Å². The van der Waals surface area contributed by atoms with Crippen molar-refractivity contribution < 1.29 is 9.59 Å². The van der Waals surface area contributed by atoms with E-state index in [4.69, 9.17) is 0 Å². The fourth-order valence-corrected chi connectivity index (χ4v) is 2.86. The monoisotopic (exact) mass is 366 g/mol. The van der Waals surface area contributed by atoms with Crippen LogP contribution in [0.1, 0.15) is 36.2 Å². The molecule has 0 saturated heterocycles. The number of carbonyl (C=O) groups is 2. The van der Waals surface area contributed by atoms with Crippen molar-refractivity contribution >= 4 is 22.8 Å². The largest absolute Gasteiger partial charge is 0.344 e. The third-order valence-electron chi connectivity index (χ3n) is 4.29. The minimum absolute atomic E-state index is 0.125. The van der Waals surface area contributed by atoms with Gasteiger partial charge in [0.25, 0.3) is 5.91 Å². The van der Waals surface area contributed by atoms with Crippen molar-refractivity contribution in [3.05, 3.63) is 54.4 Å². The minimum Gasteiger partial charge on any atom is -0.344 e. The predicted octanol–water partition coefficient (Wildman–Crippen LogP) is 1.61. The van der Waals surface area contributed by atoms with E-state index >= 15 is 0 Å². The highest BCUT2D eigenvalue weighted by atomic mass is 16.2. The zero-order chi connectivity index (χ0) is 19.4. The number of nitrogens with zero attached hydrogens (tertiary/aromatic N) is 4. The van der Waals surface area contributed by atoms with Gasteiger partial charge in [-0.15, -0.1) is 0 Å². The summed E-state index contributed by atoms with van der Waals surface area (Å²) in [5, 5.41) is 5.52. The summed E-state index contributed by atoms with van der Waals surface area (Å²) in [4.78, 5) is 36.8. The quantitative estimate of drug-likeness (QED) is 0.690. The first-order valence-corrected chi connectivity index (χ1v) is 8.72. The summed E-state index contributed by atoms with van der Waals surface area (Å²) >= 11 is 0. The molecule has 1 atom stereocenters. The first kappa shape index (κ1) is 18.5. The number of imidazole rings is 1. The Morgan fingerprint density at radius 1 is 1.19 bits per heavy atom. The van der Waals surface area contributed by atoms with Crippen molar-refractivity contribution in [2.45, 2.75) is 19.9 Å². The summed E-state index contributed by atoms with van der Waals surface area (Å²) in [6.45, 7) is 3.88. The number of fused-ring (bicyclic) bond motifs is 1. The van der Waals surface area contributed by atoms with Gasteiger partial charge in [-0.3, -0.25) is 14.6 Å². The lowest BCUT2D eigenvalue weighted by molar-refractivity contribution is -0.121. The van der Waals surface area contributed by atoms with E-state index in [9.17, 15) is 9.59 Å². The molecule has 2 amide bonds. The maximum Gasteiger partial charge on any atom is 0.271 e. The van der Waals surface area contributed by atoms with E-state index in [1.165, 1.54) is 18.6 Å². The third-order valence-corrected chi connectivity index (χ3v) is 4.29. The Balaban J connectivity index is 1.69. The van der Waals surface area contributed by atoms with Crippen LogP contribution in [0.4, 0.5) is 0 Å². The summed E-state index contributed by atoms with van der Waals surface area (Å²) in [7, 11) is 1.93. The van der Waals surface area contributed by atoms with Crippen molar-refractivity contribution in [3.8, 4) is 0 Å². The molecule has 2 aromatic heterocycles. The zero-order valence-electron chi connectivity index (χ0n) is 15.5. The van der Waals surface area contributed by atoms with Crippen LogP contribution in [0.25, 0.3) is 11.0 Å². The molecule has 0 unspecified atom stereocenters. The molecule has 140 valence electrons. The molecule has 0 bridgehead atoms. The number of amides is 2. The number of aromatic nitrogens is 4. The summed E-state index contributed by atoms with van der Waals surface area (Å²) in [6.07, 6.45) is 4.26. The Kier molecular flexibility index (Phi) is 5.44. The van der Waals surface area contributed by atoms with Crippen LogP contribution in [0.15, 0.2) is 42.9 Å². The molecular formula is C19H22N6O2. The average molecular weight is 366 g/mol.